The van der Waals surface area contributed by atoms with Crippen molar-refractivity contribution in [3.63, 3.8) is 0 Å². The van der Waals surface area contributed by atoms with Crippen LogP contribution in [0, 0.1) is 0 Å². The number of unbranched alkanes of at least 4 members (excludes halogenated alkanes) is 28. The summed E-state index contributed by atoms with van der Waals surface area (Å²) in [4.78, 5) is 34.5. The third kappa shape index (κ3) is 43.9. The molecule has 2 unspecified atom stereocenters. The van der Waals surface area contributed by atoms with E-state index in [9.17, 15) is 19.0 Å². The molecule has 0 bridgehead atoms. The van der Waals surface area contributed by atoms with Crippen LogP contribution in [0.2, 0.25) is 0 Å². The van der Waals surface area contributed by atoms with Gasteiger partial charge in [0.1, 0.15) is 6.61 Å². The standard InChI is InChI=1S/C47H90NO8P/c1-3-5-7-9-10-11-12-13-14-15-16-17-18-19-20-21-22-23-24-25-26-27-28-29-30-31-32-33-34-36-38-40-47(50)56-45(44-55-57(51,52)54-42-41-48)43-53-46(49)39-37-35-8-6-4-2/h12-13,15-16,45H,3-11,14,17-44,48H2,1-2H3,(H,51,52)/b13-12-,16-15-. The van der Waals surface area contributed by atoms with Crippen molar-refractivity contribution in [1.29, 1.82) is 0 Å². The minimum Gasteiger partial charge on any atom is -0.462 e. The number of rotatable bonds is 45. The third-order valence-electron chi connectivity index (χ3n) is 10.3. The van der Waals surface area contributed by atoms with Crippen molar-refractivity contribution >= 4 is 19.8 Å². The van der Waals surface area contributed by atoms with Gasteiger partial charge in [0.25, 0.3) is 0 Å². The molecule has 0 spiro atoms. The Kier molecular flexibility index (Phi) is 42.9. The van der Waals surface area contributed by atoms with Crippen LogP contribution in [-0.4, -0.2) is 49.3 Å². The van der Waals surface area contributed by atoms with E-state index in [0.717, 1.165) is 51.4 Å². The normalized spacial score (nSPS) is 13.4. The molecule has 0 radical (unpaired) electrons. The SMILES string of the molecule is CCCCCCC/C=C\C/C=C\CCCCCCCCCCCCCCCCCCCCCC(=O)OC(COC(=O)CCCCCCC)COP(=O)(O)OCCN. The molecular formula is C47H90NO8P. The summed E-state index contributed by atoms with van der Waals surface area (Å²) in [6.07, 6.45) is 48.6. The summed E-state index contributed by atoms with van der Waals surface area (Å²) in [5.41, 5.74) is 5.33. The highest BCUT2D eigenvalue weighted by molar-refractivity contribution is 7.47. The molecule has 2 atom stereocenters. The molecule has 0 aromatic carbocycles. The predicted octanol–water partition coefficient (Wildman–Crippen LogP) is 13.9. The molecular weight excluding hydrogens is 737 g/mol. The molecule has 0 saturated heterocycles. The van der Waals surface area contributed by atoms with Crippen LogP contribution in [0.5, 0.6) is 0 Å². The molecule has 0 heterocycles. The molecule has 0 aromatic rings. The van der Waals surface area contributed by atoms with Gasteiger partial charge in [-0.2, -0.15) is 0 Å². The first kappa shape index (κ1) is 55.5. The Bertz CT molecular complexity index is 990. The van der Waals surface area contributed by atoms with Gasteiger partial charge in [0.2, 0.25) is 0 Å². The summed E-state index contributed by atoms with van der Waals surface area (Å²) in [5.74, 6) is -0.834. The van der Waals surface area contributed by atoms with E-state index < -0.39 is 32.5 Å². The minimum atomic E-state index is -4.36. The summed E-state index contributed by atoms with van der Waals surface area (Å²) in [5, 5.41) is 0. The maximum Gasteiger partial charge on any atom is 0.472 e. The molecule has 0 aliphatic rings. The Morgan fingerprint density at radius 3 is 1.33 bits per heavy atom. The highest BCUT2D eigenvalue weighted by atomic mass is 31.2. The topological polar surface area (TPSA) is 134 Å². The molecule has 9 nitrogen and oxygen atoms in total. The van der Waals surface area contributed by atoms with Crippen molar-refractivity contribution in [1.82, 2.24) is 0 Å². The molecule has 0 fully saturated rings. The minimum absolute atomic E-state index is 0.0556. The van der Waals surface area contributed by atoms with Gasteiger partial charge in [0.15, 0.2) is 6.10 Å². The zero-order valence-electron chi connectivity index (χ0n) is 37.1. The van der Waals surface area contributed by atoms with Gasteiger partial charge in [0, 0.05) is 19.4 Å². The van der Waals surface area contributed by atoms with Gasteiger partial charge in [0.05, 0.1) is 13.2 Å². The van der Waals surface area contributed by atoms with E-state index in [1.54, 1.807) is 0 Å². The van der Waals surface area contributed by atoms with Gasteiger partial charge in [-0.1, -0.05) is 199 Å². The lowest BCUT2D eigenvalue weighted by Crippen LogP contribution is -2.29. The van der Waals surface area contributed by atoms with E-state index in [0.29, 0.717) is 6.42 Å². The fourth-order valence-electron chi connectivity index (χ4n) is 6.78. The van der Waals surface area contributed by atoms with Crippen molar-refractivity contribution in [2.24, 2.45) is 5.73 Å². The lowest BCUT2D eigenvalue weighted by Gasteiger charge is -2.19. The van der Waals surface area contributed by atoms with Gasteiger partial charge < -0.3 is 20.1 Å². The molecule has 0 aliphatic carbocycles. The number of esters is 2. The first-order valence-electron chi connectivity index (χ1n) is 23.8. The number of nitrogens with two attached hydrogens (primary N) is 1. The van der Waals surface area contributed by atoms with Gasteiger partial charge in [-0.3, -0.25) is 18.6 Å². The van der Waals surface area contributed by atoms with Crippen molar-refractivity contribution in [3.05, 3.63) is 24.3 Å². The van der Waals surface area contributed by atoms with Crippen LogP contribution in [-0.2, 0) is 32.7 Å². The summed E-state index contributed by atoms with van der Waals surface area (Å²) in [6, 6.07) is 0. The summed E-state index contributed by atoms with van der Waals surface area (Å²) < 4.78 is 32.6. The Morgan fingerprint density at radius 1 is 0.526 bits per heavy atom. The first-order valence-corrected chi connectivity index (χ1v) is 25.3. The van der Waals surface area contributed by atoms with E-state index in [1.165, 1.54) is 148 Å². The second-order valence-corrected chi connectivity index (χ2v) is 17.4. The zero-order valence-corrected chi connectivity index (χ0v) is 38.0. The number of phosphoric acid groups is 1. The number of carbonyl (C=O) groups is 2. The van der Waals surface area contributed by atoms with Crippen molar-refractivity contribution in [3.8, 4) is 0 Å². The summed E-state index contributed by atoms with van der Waals surface area (Å²) in [7, 11) is -4.36. The average molecular weight is 828 g/mol. The lowest BCUT2D eigenvalue weighted by molar-refractivity contribution is -0.161. The monoisotopic (exact) mass is 828 g/mol. The Balaban J connectivity index is 3.74. The van der Waals surface area contributed by atoms with Crippen LogP contribution < -0.4 is 5.73 Å². The first-order chi connectivity index (χ1) is 27.8. The highest BCUT2D eigenvalue weighted by Crippen LogP contribution is 2.43. The number of phosphoric ester groups is 1. The molecule has 0 aliphatic heterocycles. The fourth-order valence-corrected chi connectivity index (χ4v) is 7.55. The molecule has 336 valence electrons. The van der Waals surface area contributed by atoms with Gasteiger partial charge in [-0.25, -0.2) is 4.57 Å². The number of allylic oxidation sites excluding steroid dienone is 4. The number of ether oxygens (including phenoxy) is 2. The Morgan fingerprint density at radius 2 is 0.912 bits per heavy atom. The summed E-state index contributed by atoms with van der Waals surface area (Å²) >= 11 is 0. The molecule has 0 rings (SSSR count). The summed E-state index contributed by atoms with van der Waals surface area (Å²) in [6.45, 7) is 3.64. The lowest BCUT2D eigenvalue weighted by atomic mass is 10.0. The van der Waals surface area contributed by atoms with Gasteiger partial charge in [-0.05, 0) is 44.9 Å². The maximum absolute atomic E-state index is 12.5. The fraction of sp³-hybridized carbons (Fsp3) is 0.872. The third-order valence-corrected chi connectivity index (χ3v) is 11.3. The second kappa shape index (κ2) is 44.1. The Hall–Kier alpha value is -1.51. The molecule has 0 aromatic heterocycles. The van der Waals surface area contributed by atoms with Crippen LogP contribution in [0.25, 0.3) is 0 Å². The molecule has 3 N–H and O–H groups in total. The van der Waals surface area contributed by atoms with E-state index in [1.807, 2.05) is 0 Å². The van der Waals surface area contributed by atoms with Crippen molar-refractivity contribution in [2.45, 2.75) is 238 Å². The van der Waals surface area contributed by atoms with Gasteiger partial charge >= 0.3 is 19.8 Å². The smallest absolute Gasteiger partial charge is 0.462 e. The van der Waals surface area contributed by atoms with E-state index >= 15 is 0 Å². The number of hydrogen-bond acceptors (Lipinski definition) is 8. The molecule has 57 heavy (non-hydrogen) atoms. The highest BCUT2D eigenvalue weighted by Gasteiger charge is 2.26. The van der Waals surface area contributed by atoms with Crippen LogP contribution in [0.4, 0.5) is 0 Å². The second-order valence-electron chi connectivity index (χ2n) is 16.0. The maximum atomic E-state index is 12.5. The van der Waals surface area contributed by atoms with Crippen molar-refractivity contribution in [2.75, 3.05) is 26.4 Å². The van der Waals surface area contributed by atoms with Crippen LogP contribution in [0.3, 0.4) is 0 Å². The van der Waals surface area contributed by atoms with E-state index in [2.05, 4.69) is 38.2 Å². The van der Waals surface area contributed by atoms with E-state index in [-0.39, 0.29) is 32.6 Å². The van der Waals surface area contributed by atoms with Gasteiger partial charge in [-0.15, -0.1) is 0 Å². The Labute approximate surface area is 351 Å². The zero-order chi connectivity index (χ0) is 41.8. The number of hydrogen-bond donors (Lipinski definition) is 2. The van der Waals surface area contributed by atoms with Crippen LogP contribution in [0.15, 0.2) is 24.3 Å². The largest absolute Gasteiger partial charge is 0.472 e. The van der Waals surface area contributed by atoms with Crippen molar-refractivity contribution < 1.29 is 37.6 Å². The van der Waals surface area contributed by atoms with E-state index in [4.69, 9.17) is 24.3 Å². The number of carbonyl (C=O) groups excluding carboxylic acids is 2. The molecule has 10 heteroatoms. The molecule has 0 amide bonds. The quantitative estimate of drug-likeness (QED) is 0.0266. The predicted molar refractivity (Wildman–Crippen MR) is 238 cm³/mol. The molecule has 0 saturated carbocycles. The average Bonchev–Trinajstić information content (AvgIpc) is 3.20. The van der Waals surface area contributed by atoms with Crippen LogP contribution in [0.1, 0.15) is 232 Å². The van der Waals surface area contributed by atoms with Crippen LogP contribution >= 0.6 is 7.82 Å².